The van der Waals surface area contributed by atoms with Crippen molar-refractivity contribution in [2.45, 2.75) is 42.7 Å². The second-order valence-corrected chi connectivity index (χ2v) is 14.2. The molecule has 1 heterocycles. The number of sulfone groups is 1. The first-order valence-electron chi connectivity index (χ1n) is 15.2. The van der Waals surface area contributed by atoms with Gasteiger partial charge in [0.15, 0.2) is 21.5 Å². The molecule has 0 bridgehead atoms. The maximum absolute atomic E-state index is 14.4. The molecule has 4 aromatic carbocycles. The van der Waals surface area contributed by atoms with Crippen LogP contribution in [0.25, 0.3) is 0 Å². The van der Waals surface area contributed by atoms with Crippen LogP contribution in [-0.2, 0) is 25.8 Å². The molecule has 10 heteroatoms. The van der Waals surface area contributed by atoms with Crippen molar-refractivity contribution in [2.75, 3.05) is 25.5 Å². The van der Waals surface area contributed by atoms with E-state index >= 15 is 0 Å². The summed E-state index contributed by atoms with van der Waals surface area (Å²) in [6, 6.07) is 30.9. The van der Waals surface area contributed by atoms with E-state index in [1.807, 2.05) is 55.5 Å². The molecule has 0 radical (unpaired) electrons. The Morgan fingerprint density at radius 3 is 2.35 bits per heavy atom. The summed E-state index contributed by atoms with van der Waals surface area (Å²) in [7, 11) is -3.74. The van der Waals surface area contributed by atoms with Gasteiger partial charge in [-0.1, -0.05) is 76.1 Å². The number of hydrogen-bond acceptors (Lipinski definition) is 7. The number of halogens is 1. The minimum Gasteiger partial charge on any atom is -0.494 e. The summed E-state index contributed by atoms with van der Waals surface area (Å²) < 4.78 is 40.0. The van der Waals surface area contributed by atoms with E-state index in [0.29, 0.717) is 42.9 Å². The predicted octanol–water partition coefficient (Wildman–Crippen LogP) is 6.00. The molecule has 0 fully saturated rings. The number of aliphatic hydroxyl groups is 1. The highest BCUT2D eigenvalue weighted by atomic mass is 79.9. The molecule has 8 nitrogen and oxygen atoms in total. The molecule has 1 aliphatic rings. The molecule has 0 unspecified atom stereocenters. The molecule has 0 saturated heterocycles. The lowest BCUT2D eigenvalue weighted by Crippen LogP contribution is -2.49. The average Bonchev–Trinajstić information content (AvgIpc) is 3.47. The SMILES string of the molecule is Cc1ccc(CCNC(=O)[C@]2(CCS(=O)(=O)c3ccccc3)N=C(c3ccc(OCCCO)cc3)O[C@@H]2c2ccc(Br)cc2)cc1. The van der Waals surface area contributed by atoms with E-state index in [4.69, 9.17) is 19.6 Å². The number of rotatable bonds is 14. The van der Waals surface area contributed by atoms with Crippen LogP contribution in [0.15, 0.2) is 117 Å². The fourth-order valence-electron chi connectivity index (χ4n) is 5.27. The second kappa shape index (κ2) is 15.1. The number of nitrogens with one attached hydrogen (secondary N) is 1. The summed E-state index contributed by atoms with van der Waals surface area (Å²) in [5.74, 6) is 0.136. The molecule has 0 aliphatic carbocycles. The fourth-order valence-corrected chi connectivity index (χ4v) is 6.92. The lowest BCUT2D eigenvalue weighted by molar-refractivity contribution is -0.129. The normalized spacial score (nSPS) is 17.6. The van der Waals surface area contributed by atoms with Crippen molar-refractivity contribution in [3.05, 3.63) is 130 Å². The topological polar surface area (TPSA) is 114 Å². The number of aliphatic hydroxyl groups excluding tert-OH is 1. The van der Waals surface area contributed by atoms with Gasteiger partial charge in [0.2, 0.25) is 5.90 Å². The predicted molar refractivity (Wildman–Crippen MR) is 182 cm³/mol. The second-order valence-electron chi connectivity index (χ2n) is 11.2. The van der Waals surface area contributed by atoms with E-state index in [9.17, 15) is 13.2 Å². The lowest BCUT2D eigenvalue weighted by Gasteiger charge is -2.30. The Morgan fingerprint density at radius 1 is 0.978 bits per heavy atom. The Morgan fingerprint density at radius 2 is 1.67 bits per heavy atom. The maximum atomic E-state index is 14.4. The molecule has 1 aliphatic heterocycles. The van der Waals surface area contributed by atoms with E-state index in [-0.39, 0.29) is 29.6 Å². The van der Waals surface area contributed by atoms with E-state index in [2.05, 4.69) is 21.2 Å². The van der Waals surface area contributed by atoms with Gasteiger partial charge >= 0.3 is 0 Å². The highest BCUT2D eigenvalue weighted by Crippen LogP contribution is 2.43. The number of ether oxygens (including phenoxy) is 2. The zero-order valence-corrected chi connectivity index (χ0v) is 28.0. The van der Waals surface area contributed by atoms with Crippen LogP contribution in [0, 0.1) is 6.92 Å². The van der Waals surface area contributed by atoms with E-state index in [0.717, 1.165) is 15.6 Å². The van der Waals surface area contributed by atoms with Crippen molar-refractivity contribution >= 4 is 37.6 Å². The zero-order valence-electron chi connectivity index (χ0n) is 25.6. The molecular formula is C36H37BrN2O6S. The highest BCUT2D eigenvalue weighted by Gasteiger charge is 2.53. The van der Waals surface area contributed by atoms with Crippen LogP contribution in [0.1, 0.15) is 41.2 Å². The van der Waals surface area contributed by atoms with Gasteiger partial charge in [-0.15, -0.1) is 0 Å². The third-order valence-electron chi connectivity index (χ3n) is 7.88. The van der Waals surface area contributed by atoms with Gasteiger partial charge in [0, 0.05) is 36.0 Å². The zero-order chi connectivity index (χ0) is 32.6. The molecule has 5 rings (SSSR count). The largest absolute Gasteiger partial charge is 0.494 e. The molecular weight excluding hydrogens is 668 g/mol. The molecule has 240 valence electrons. The van der Waals surface area contributed by atoms with Crippen LogP contribution in [0.4, 0.5) is 0 Å². The van der Waals surface area contributed by atoms with Crippen molar-refractivity contribution in [1.82, 2.24) is 5.32 Å². The van der Waals surface area contributed by atoms with Gasteiger partial charge in [0.25, 0.3) is 5.91 Å². The van der Waals surface area contributed by atoms with Crippen molar-refractivity contribution in [2.24, 2.45) is 4.99 Å². The number of nitrogens with zero attached hydrogens (tertiary/aromatic N) is 1. The van der Waals surface area contributed by atoms with Crippen molar-refractivity contribution in [1.29, 1.82) is 0 Å². The summed E-state index contributed by atoms with van der Waals surface area (Å²) in [5, 5.41) is 12.1. The Labute approximate surface area is 278 Å². The van der Waals surface area contributed by atoms with Gasteiger partial charge in [0.1, 0.15) is 5.75 Å². The molecule has 0 saturated carbocycles. The third kappa shape index (κ3) is 8.04. The number of aliphatic imine (C=N–C) groups is 1. The fraction of sp³-hybridized carbons (Fsp3) is 0.278. The van der Waals surface area contributed by atoms with Gasteiger partial charge in [-0.05, 0) is 73.0 Å². The Kier molecular flexibility index (Phi) is 10.9. The molecule has 0 aromatic heterocycles. The number of carbonyl (C=O) groups excluding carboxylic acids is 1. The minimum atomic E-state index is -3.74. The minimum absolute atomic E-state index is 0.0370. The van der Waals surface area contributed by atoms with Crippen LogP contribution in [0.2, 0.25) is 0 Å². The quantitative estimate of drug-likeness (QED) is 0.156. The van der Waals surface area contributed by atoms with Gasteiger partial charge in [-0.25, -0.2) is 13.4 Å². The first-order valence-corrected chi connectivity index (χ1v) is 17.6. The van der Waals surface area contributed by atoms with Gasteiger partial charge in [0.05, 0.1) is 17.3 Å². The first kappa shape index (κ1) is 33.4. The number of hydrogen-bond donors (Lipinski definition) is 2. The van der Waals surface area contributed by atoms with Crippen LogP contribution in [-0.4, -0.2) is 56.4 Å². The maximum Gasteiger partial charge on any atom is 0.252 e. The molecule has 1 amide bonds. The number of benzene rings is 4. The van der Waals surface area contributed by atoms with Crippen molar-refractivity contribution in [3.63, 3.8) is 0 Å². The molecule has 46 heavy (non-hydrogen) atoms. The van der Waals surface area contributed by atoms with Crippen molar-refractivity contribution < 1.29 is 27.8 Å². The van der Waals surface area contributed by atoms with Crippen LogP contribution >= 0.6 is 15.9 Å². The molecule has 2 N–H and O–H groups in total. The van der Waals surface area contributed by atoms with Gasteiger partial charge < -0.3 is 19.9 Å². The Bertz CT molecular complexity index is 1750. The van der Waals surface area contributed by atoms with Crippen LogP contribution < -0.4 is 10.1 Å². The van der Waals surface area contributed by atoms with E-state index in [1.54, 1.807) is 54.6 Å². The monoisotopic (exact) mass is 704 g/mol. The number of carbonyl (C=O) groups is 1. The average molecular weight is 706 g/mol. The molecule has 2 atom stereocenters. The van der Waals surface area contributed by atoms with Gasteiger partial charge in [-0.2, -0.15) is 0 Å². The van der Waals surface area contributed by atoms with Crippen molar-refractivity contribution in [3.8, 4) is 5.75 Å². The number of aryl methyl sites for hydroxylation is 1. The summed E-state index contributed by atoms with van der Waals surface area (Å²) in [5.41, 5.74) is 1.96. The van der Waals surface area contributed by atoms with Crippen LogP contribution in [0.3, 0.4) is 0 Å². The van der Waals surface area contributed by atoms with Crippen LogP contribution in [0.5, 0.6) is 5.75 Å². The summed E-state index contributed by atoms with van der Waals surface area (Å²) in [6.07, 6.45) is 0.122. The first-order chi connectivity index (χ1) is 22.2. The lowest BCUT2D eigenvalue weighted by atomic mass is 9.85. The summed E-state index contributed by atoms with van der Waals surface area (Å²) in [4.78, 5) is 19.5. The van der Waals surface area contributed by atoms with E-state index < -0.39 is 27.4 Å². The summed E-state index contributed by atoms with van der Waals surface area (Å²) >= 11 is 3.48. The Balaban J connectivity index is 1.50. The highest BCUT2D eigenvalue weighted by molar-refractivity contribution is 9.10. The smallest absolute Gasteiger partial charge is 0.252 e. The van der Waals surface area contributed by atoms with Gasteiger partial charge in [-0.3, -0.25) is 4.79 Å². The van der Waals surface area contributed by atoms with E-state index in [1.165, 1.54) is 0 Å². The Hall–Kier alpha value is -3.99. The summed E-state index contributed by atoms with van der Waals surface area (Å²) in [6.45, 7) is 2.78. The third-order valence-corrected chi connectivity index (χ3v) is 10.1. The standard InChI is InChI=1S/C36H37BrN2O6S/c1-26-8-10-27(11-9-26)20-22-38-35(41)36(21-25-46(42,43)32-6-3-2-4-7-32)33(28-12-16-30(37)17-13-28)45-34(39-36)29-14-18-31(19-15-29)44-24-5-23-40/h2-4,6-19,33,40H,5,20-25H2,1H3,(H,38,41)/t33-,36-/m1/s1. The number of amides is 1. The molecule has 0 spiro atoms. The molecule has 4 aromatic rings.